The Kier molecular flexibility index (Phi) is 6.09. The Bertz CT molecular complexity index is 1210. The van der Waals surface area contributed by atoms with E-state index in [-0.39, 0.29) is 18.1 Å². The van der Waals surface area contributed by atoms with Gasteiger partial charge in [0.15, 0.2) is 23.1 Å². The van der Waals surface area contributed by atoms with Gasteiger partial charge in [-0.1, -0.05) is 6.07 Å². The Labute approximate surface area is 187 Å². The first-order chi connectivity index (χ1) is 15.4. The quantitative estimate of drug-likeness (QED) is 0.527. The summed E-state index contributed by atoms with van der Waals surface area (Å²) in [6.45, 7) is 0.727. The lowest BCUT2D eigenvalue weighted by atomic mass is 10.1. The number of thiazole rings is 1. The molecule has 2 N–H and O–H groups in total. The van der Waals surface area contributed by atoms with Crippen molar-refractivity contribution in [3.8, 4) is 22.8 Å². The third kappa shape index (κ3) is 4.16. The highest BCUT2D eigenvalue weighted by molar-refractivity contribution is 7.11. The normalized spacial score (nSPS) is 13.8. The number of aliphatic hydroxyl groups excluding tert-OH is 1. The average molecular weight is 458 g/mol. The van der Waals surface area contributed by atoms with Crippen molar-refractivity contribution < 1.29 is 23.4 Å². The van der Waals surface area contributed by atoms with E-state index in [4.69, 9.17) is 14.9 Å². The molecule has 0 spiro atoms. The van der Waals surface area contributed by atoms with Gasteiger partial charge in [0.05, 0.1) is 32.0 Å². The fraction of sp³-hybridized carbons (Fsp3) is 0.217. The van der Waals surface area contributed by atoms with Gasteiger partial charge in [-0.2, -0.15) is 0 Å². The molecule has 166 valence electrons. The van der Waals surface area contributed by atoms with Gasteiger partial charge in [-0.15, -0.1) is 11.3 Å². The summed E-state index contributed by atoms with van der Waals surface area (Å²) in [5.41, 5.74) is 2.26. The Balaban J connectivity index is 1.47. The van der Waals surface area contributed by atoms with Crippen LogP contribution in [0.15, 0.2) is 47.5 Å². The molecule has 0 atom stereocenters. The summed E-state index contributed by atoms with van der Waals surface area (Å²) in [5.74, 6) is -0.355. The number of hydrogen-bond acceptors (Lipinski definition) is 6. The summed E-state index contributed by atoms with van der Waals surface area (Å²) in [7, 11) is 3.16. The Morgan fingerprint density at radius 2 is 1.88 bits per heavy atom. The van der Waals surface area contributed by atoms with Crippen LogP contribution in [0.2, 0.25) is 0 Å². The van der Waals surface area contributed by atoms with E-state index < -0.39 is 11.6 Å². The fourth-order valence-electron chi connectivity index (χ4n) is 3.53. The minimum atomic E-state index is -0.950. The molecule has 2 aromatic carbocycles. The molecule has 0 amide bonds. The van der Waals surface area contributed by atoms with E-state index in [0.717, 1.165) is 17.7 Å². The van der Waals surface area contributed by atoms with Gasteiger partial charge in [-0.25, -0.2) is 13.8 Å². The van der Waals surface area contributed by atoms with E-state index in [1.54, 1.807) is 24.5 Å². The van der Waals surface area contributed by atoms with Crippen LogP contribution in [-0.4, -0.2) is 48.1 Å². The van der Waals surface area contributed by atoms with Gasteiger partial charge in [-0.3, -0.25) is 5.41 Å². The molecular weight excluding hydrogens is 436 g/mol. The molecule has 1 aliphatic heterocycles. The first kappa shape index (κ1) is 21.8. The first-order valence-electron chi connectivity index (χ1n) is 9.79. The number of nitrogens with zero attached hydrogens (tertiary/aromatic N) is 2. The number of ether oxygens (including phenoxy) is 2. The monoisotopic (exact) mass is 457 g/mol. The summed E-state index contributed by atoms with van der Waals surface area (Å²) < 4.78 is 37.4. The highest BCUT2D eigenvalue weighted by Gasteiger charge is 2.30. The highest BCUT2D eigenvalue weighted by atomic mass is 32.1. The predicted molar refractivity (Wildman–Crippen MR) is 120 cm³/mol. The molecule has 0 aliphatic carbocycles. The largest absolute Gasteiger partial charge is 0.510 e. The predicted octanol–water partition coefficient (Wildman–Crippen LogP) is 4.91. The van der Waals surface area contributed by atoms with E-state index >= 15 is 0 Å². The minimum Gasteiger partial charge on any atom is -0.510 e. The Morgan fingerprint density at radius 1 is 1.09 bits per heavy atom. The number of halogens is 2. The van der Waals surface area contributed by atoms with Gasteiger partial charge in [-0.05, 0) is 42.3 Å². The molecule has 0 bridgehead atoms. The SMILES string of the molecule is COc1ccc(CCN2CC(O)=C(c3nc(-c4ccc(F)c(F)c4)cs3)C2=N)cc1OC. The van der Waals surface area contributed by atoms with Gasteiger partial charge in [0.2, 0.25) is 0 Å². The number of amidine groups is 1. The number of rotatable bonds is 7. The lowest BCUT2D eigenvalue weighted by molar-refractivity contribution is 0.349. The molecular formula is C23H21F2N3O3S. The molecule has 0 radical (unpaired) electrons. The number of aliphatic hydroxyl groups is 1. The second-order valence-corrected chi connectivity index (χ2v) is 8.06. The number of aromatic nitrogens is 1. The van der Waals surface area contributed by atoms with Gasteiger partial charge in [0, 0.05) is 17.5 Å². The van der Waals surface area contributed by atoms with E-state index in [9.17, 15) is 13.9 Å². The summed E-state index contributed by atoms with van der Waals surface area (Å²) in [6.07, 6.45) is 0.640. The molecule has 3 aromatic rings. The van der Waals surface area contributed by atoms with Crippen LogP contribution >= 0.6 is 11.3 Å². The van der Waals surface area contributed by atoms with Crippen LogP contribution in [0, 0.1) is 17.0 Å². The number of benzene rings is 2. The van der Waals surface area contributed by atoms with Crippen LogP contribution in [0.1, 0.15) is 10.6 Å². The molecule has 9 heteroatoms. The zero-order valence-electron chi connectivity index (χ0n) is 17.5. The minimum absolute atomic E-state index is 0.0634. The lowest BCUT2D eigenvalue weighted by Crippen LogP contribution is -2.28. The summed E-state index contributed by atoms with van der Waals surface area (Å²) in [6, 6.07) is 9.23. The van der Waals surface area contributed by atoms with E-state index in [1.807, 2.05) is 18.2 Å². The van der Waals surface area contributed by atoms with Crippen LogP contribution < -0.4 is 9.47 Å². The second kappa shape index (κ2) is 8.96. The lowest BCUT2D eigenvalue weighted by Gasteiger charge is -2.18. The fourth-order valence-corrected chi connectivity index (χ4v) is 4.42. The maximum atomic E-state index is 13.6. The highest BCUT2D eigenvalue weighted by Crippen LogP contribution is 2.33. The number of methoxy groups -OCH3 is 2. The Morgan fingerprint density at radius 3 is 2.59 bits per heavy atom. The molecule has 0 saturated heterocycles. The van der Waals surface area contributed by atoms with Crippen molar-refractivity contribution in [2.75, 3.05) is 27.3 Å². The third-order valence-electron chi connectivity index (χ3n) is 5.23. The van der Waals surface area contributed by atoms with E-state index in [0.29, 0.717) is 46.3 Å². The third-order valence-corrected chi connectivity index (χ3v) is 6.09. The van der Waals surface area contributed by atoms with Crippen molar-refractivity contribution >= 4 is 22.7 Å². The average Bonchev–Trinajstić information content (AvgIpc) is 3.37. The van der Waals surface area contributed by atoms with E-state index in [1.165, 1.54) is 17.4 Å². The number of hydrogen-bond donors (Lipinski definition) is 2. The summed E-state index contributed by atoms with van der Waals surface area (Å²) >= 11 is 1.24. The topological polar surface area (TPSA) is 78.7 Å². The van der Waals surface area contributed by atoms with Gasteiger partial charge < -0.3 is 19.5 Å². The maximum absolute atomic E-state index is 13.6. The number of nitrogens with one attached hydrogen (secondary N) is 1. The van der Waals surface area contributed by atoms with Crippen molar-refractivity contribution in [1.82, 2.24) is 9.88 Å². The van der Waals surface area contributed by atoms with Crippen molar-refractivity contribution in [3.63, 3.8) is 0 Å². The molecule has 1 aromatic heterocycles. The zero-order valence-corrected chi connectivity index (χ0v) is 18.3. The van der Waals surface area contributed by atoms with Crippen LogP contribution in [0.25, 0.3) is 16.8 Å². The Hall–Kier alpha value is -3.46. The van der Waals surface area contributed by atoms with E-state index in [2.05, 4.69) is 4.98 Å². The summed E-state index contributed by atoms with van der Waals surface area (Å²) in [5, 5.41) is 21.2. The zero-order chi connectivity index (χ0) is 22.8. The van der Waals surface area contributed by atoms with Gasteiger partial charge in [0.25, 0.3) is 0 Å². The van der Waals surface area contributed by atoms with Gasteiger partial charge >= 0.3 is 0 Å². The van der Waals surface area contributed by atoms with Crippen LogP contribution in [-0.2, 0) is 6.42 Å². The molecule has 1 aliphatic rings. The van der Waals surface area contributed by atoms with Crippen molar-refractivity contribution in [1.29, 1.82) is 5.41 Å². The molecule has 0 unspecified atom stereocenters. The molecule has 32 heavy (non-hydrogen) atoms. The molecule has 0 fully saturated rings. The second-order valence-electron chi connectivity index (χ2n) is 7.20. The summed E-state index contributed by atoms with van der Waals surface area (Å²) in [4.78, 5) is 6.21. The molecule has 0 saturated carbocycles. The molecule has 6 nitrogen and oxygen atoms in total. The first-order valence-corrected chi connectivity index (χ1v) is 10.7. The standard InChI is InChI=1S/C23H21F2N3O3S/c1-30-19-6-3-13(9-20(19)31-2)7-8-28-11-18(29)21(22(28)26)23-27-17(12-32-23)14-4-5-15(24)16(25)10-14/h3-6,9-10,12,26,29H,7-8,11H2,1-2H3. The van der Waals surface area contributed by atoms with Crippen LogP contribution in [0.3, 0.4) is 0 Å². The van der Waals surface area contributed by atoms with Crippen molar-refractivity contribution in [2.45, 2.75) is 6.42 Å². The maximum Gasteiger partial charge on any atom is 0.160 e. The van der Waals surface area contributed by atoms with Crippen LogP contribution in [0.5, 0.6) is 11.5 Å². The molecule has 4 rings (SSSR count). The molecule has 2 heterocycles. The van der Waals surface area contributed by atoms with Gasteiger partial charge in [0.1, 0.15) is 16.6 Å². The van der Waals surface area contributed by atoms with Crippen LogP contribution in [0.4, 0.5) is 8.78 Å². The smallest absolute Gasteiger partial charge is 0.160 e. The van der Waals surface area contributed by atoms with Crippen molar-refractivity contribution in [3.05, 3.63) is 69.7 Å². The van der Waals surface area contributed by atoms with Crippen molar-refractivity contribution in [2.24, 2.45) is 0 Å².